The minimum Gasteiger partial charge on any atom is -0.494 e. The van der Waals surface area contributed by atoms with Crippen molar-refractivity contribution in [2.24, 2.45) is 5.92 Å². The topological polar surface area (TPSA) is 47.6 Å². The molecule has 1 amide bonds. The Hall–Kier alpha value is -1.07. The predicted molar refractivity (Wildman–Crippen MR) is 82.4 cm³/mol. The van der Waals surface area contributed by atoms with E-state index in [1.807, 2.05) is 32.0 Å². The molecule has 2 rings (SSSR count). The van der Waals surface area contributed by atoms with Gasteiger partial charge in [-0.05, 0) is 37.5 Å². The molecule has 2 unspecified atom stereocenters. The lowest BCUT2D eigenvalue weighted by molar-refractivity contribution is -0.126. The molecule has 1 aromatic carbocycles. The van der Waals surface area contributed by atoms with Crippen LogP contribution in [0.25, 0.3) is 0 Å². The van der Waals surface area contributed by atoms with Crippen molar-refractivity contribution in [1.82, 2.24) is 0 Å². The van der Waals surface area contributed by atoms with E-state index in [0.717, 1.165) is 23.4 Å². The predicted octanol–water partition coefficient (Wildman–Crippen LogP) is 3.34. The van der Waals surface area contributed by atoms with Crippen LogP contribution in [0.5, 0.6) is 5.75 Å². The second-order valence-electron chi connectivity index (χ2n) is 4.94. The van der Waals surface area contributed by atoms with E-state index in [-0.39, 0.29) is 17.9 Å². The van der Waals surface area contributed by atoms with E-state index >= 15 is 0 Å². The minimum atomic E-state index is -0.339. The van der Waals surface area contributed by atoms with Crippen molar-refractivity contribution < 1.29 is 14.3 Å². The monoisotopic (exact) mass is 341 g/mol. The Balaban J connectivity index is 2.07. The highest BCUT2D eigenvalue weighted by molar-refractivity contribution is 9.08. The molecule has 1 aromatic rings. The Morgan fingerprint density at radius 2 is 2.35 bits per heavy atom. The molecule has 1 saturated heterocycles. The fourth-order valence-corrected chi connectivity index (χ4v) is 2.74. The molecule has 0 aliphatic carbocycles. The number of anilines is 1. The second kappa shape index (κ2) is 7.09. The van der Waals surface area contributed by atoms with Gasteiger partial charge in [0.1, 0.15) is 11.9 Å². The van der Waals surface area contributed by atoms with Crippen LogP contribution in [0.3, 0.4) is 0 Å². The first kappa shape index (κ1) is 15.3. The van der Waals surface area contributed by atoms with Crippen molar-refractivity contribution in [3.63, 3.8) is 0 Å². The lowest BCUT2D eigenvalue weighted by Crippen LogP contribution is -2.31. The number of benzene rings is 1. The first-order valence-electron chi connectivity index (χ1n) is 6.89. The van der Waals surface area contributed by atoms with E-state index in [1.165, 1.54) is 0 Å². The molecule has 5 heteroatoms. The molecule has 1 heterocycles. The molecule has 0 bridgehead atoms. The van der Waals surface area contributed by atoms with Gasteiger partial charge in [0.25, 0.3) is 5.91 Å². The van der Waals surface area contributed by atoms with Crippen LogP contribution < -0.4 is 10.1 Å². The zero-order valence-electron chi connectivity index (χ0n) is 11.8. The van der Waals surface area contributed by atoms with Gasteiger partial charge in [-0.2, -0.15) is 0 Å². The Labute approximate surface area is 128 Å². The van der Waals surface area contributed by atoms with Crippen molar-refractivity contribution in [3.05, 3.63) is 23.8 Å². The molecule has 0 radical (unpaired) electrons. The second-order valence-corrected chi connectivity index (χ2v) is 5.50. The molecular formula is C15H20BrNO3. The van der Waals surface area contributed by atoms with E-state index < -0.39 is 0 Å². The highest BCUT2D eigenvalue weighted by Crippen LogP contribution is 2.26. The molecule has 0 spiro atoms. The van der Waals surface area contributed by atoms with Crippen molar-refractivity contribution in [2.45, 2.75) is 31.7 Å². The third-order valence-corrected chi connectivity index (χ3v) is 4.02. The summed E-state index contributed by atoms with van der Waals surface area (Å²) in [6.45, 7) is 5.28. The Morgan fingerprint density at radius 1 is 1.55 bits per heavy atom. The van der Waals surface area contributed by atoms with Gasteiger partial charge in [0.15, 0.2) is 0 Å². The number of carbonyl (C=O) groups is 1. The highest BCUT2D eigenvalue weighted by Gasteiger charge is 2.30. The number of nitrogens with one attached hydrogen (secondary N) is 1. The van der Waals surface area contributed by atoms with Gasteiger partial charge in [0.05, 0.1) is 6.61 Å². The van der Waals surface area contributed by atoms with Crippen LogP contribution in [-0.2, 0) is 14.9 Å². The third-order valence-electron chi connectivity index (χ3n) is 3.42. The molecule has 1 aliphatic rings. The summed E-state index contributed by atoms with van der Waals surface area (Å²) in [5.74, 6) is 1.04. The summed E-state index contributed by atoms with van der Waals surface area (Å²) in [7, 11) is 0. The van der Waals surface area contributed by atoms with Crippen LogP contribution in [-0.4, -0.2) is 25.2 Å². The smallest absolute Gasteiger partial charge is 0.253 e. The number of amides is 1. The fraction of sp³-hybridized carbons (Fsp3) is 0.533. The maximum atomic E-state index is 12.2. The van der Waals surface area contributed by atoms with Crippen LogP contribution >= 0.6 is 15.9 Å². The molecular weight excluding hydrogens is 322 g/mol. The number of halogens is 1. The quantitative estimate of drug-likeness (QED) is 0.835. The molecule has 0 saturated carbocycles. The van der Waals surface area contributed by atoms with E-state index in [4.69, 9.17) is 9.47 Å². The van der Waals surface area contributed by atoms with Gasteiger partial charge in [-0.1, -0.05) is 22.9 Å². The van der Waals surface area contributed by atoms with Crippen LogP contribution in [0.4, 0.5) is 5.69 Å². The normalized spacial score (nSPS) is 21.8. The van der Waals surface area contributed by atoms with Crippen molar-refractivity contribution >= 4 is 27.5 Å². The zero-order valence-corrected chi connectivity index (χ0v) is 13.4. The van der Waals surface area contributed by atoms with E-state index in [2.05, 4.69) is 21.2 Å². The molecule has 1 N–H and O–H groups in total. The number of rotatable bonds is 5. The molecule has 20 heavy (non-hydrogen) atoms. The summed E-state index contributed by atoms with van der Waals surface area (Å²) in [6.07, 6.45) is 0.600. The van der Waals surface area contributed by atoms with Gasteiger partial charge in [-0.3, -0.25) is 4.79 Å². The Bertz CT molecular complexity index is 478. The number of hydrogen-bond donors (Lipinski definition) is 1. The molecule has 1 fully saturated rings. The van der Waals surface area contributed by atoms with E-state index in [1.54, 1.807) is 0 Å². The number of hydrogen-bond acceptors (Lipinski definition) is 3. The van der Waals surface area contributed by atoms with Crippen LogP contribution in [0, 0.1) is 5.92 Å². The summed E-state index contributed by atoms with van der Waals surface area (Å²) in [4.78, 5) is 12.2. The SMILES string of the molecule is CCOc1ccc(NC(=O)C2OCCC2C)cc1CBr. The lowest BCUT2D eigenvalue weighted by atomic mass is 10.0. The fourth-order valence-electron chi connectivity index (χ4n) is 2.30. The van der Waals surface area contributed by atoms with Gasteiger partial charge >= 0.3 is 0 Å². The maximum Gasteiger partial charge on any atom is 0.253 e. The largest absolute Gasteiger partial charge is 0.494 e. The minimum absolute atomic E-state index is 0.0697. The first-order valence-corrected chi connectivity index (χ1v) is 8.02. The zero-order chi connectivity index (χ0) is 14.5. The van der Waals surface area contributed by atoms with Gasteiger partial charge < -0.3 is 14.8 Å². The summed E-state index contributed by atoms with van der Waals surface area (Å²) >= 11 is 3.44. The molecule has 2 atom stereocenters. The Kier molecular flexibility index (Phi) is 5.43. The van der Waals surface area contributed by atoms with Crippen molar-refractivity contribution in [2.75, 3.05) is 18.5 Å². The van der Waals surface area contributed by atoms with Gasteiger partial charge in [0.2, 0.25) is 0 Å². The molecule has 0 aromatic heterocycles. The summed E-state index contributed by atoms with van der Waals surface area (Å²) in [5, 5.41) is 3.60. The van der Waals surface area contributed by atoms with Gasteiger partial charge in [0, 0.05) is 23.2 Å². The number of alkyl halides is 1. The van der Waals surface area contributed by atoms with Crippen molar-refractivity contribution in [3.8, 4) is 5.75 Å². The number of carbonyl (C=O) groups excluding carboxylic acids is 1. The van der Waals surface area contributed by atoms with Crippen LogP contribution in [0.2, 0.25) is 0 Å². The van der Waals surface area contributed by atoms with E-state index in [9.17, 15) is 4.79 Å². The average molecular weight is 342 g/mol. The summed E-state index contributed by atoms with van der Waals surface area (Å²) in [6, 6.07) is 5.67. The average Bonchev–Trinajstić information content (AvgIpc) is 2.87. The van der Waals surface area contributed by atoms with Crippen molar-refractivity contribution in [1.29, 1.82) is 0 Å². The van der Waals surface area contributed by atoms with E-state index in [0.29, 0.717) is 18.5 Å². The molecule has 4 nitrogen and oxygen atoms in total. The summed E-state index contributed by atoms with van der Waals surface area (Å²) in [5.41, 5.74) is 1.79. The van der Waals surface area contributed by atoms with Gasteiger partial charge in [-0.25, -0.2) is 0 Å². The van der Waals surface area contributed by atoms with Gasteiger partial charge in [-0.15, -0.1) is 0 Å². The number of ether oxygens (including phenoxy) is 2. The highest BCUT2D eigenvalue weighted by atomic mass is 79.9. The molecule has 110 valence electrons. The summed E-state index contributed by atoms with van der Waals surface area (Å²) < 4.78 is 11.0. The third kappa shape index (κ3) is 3.52. The standard InChI is InChI=1S/C15H20BrNO3/c1-3-19-13-5-4-12(8-11(13)9-16)17-15(18)14-10(2)6-7-20-14/h4-5,8,10,14H,3,6-7,9H2,1-2H3,(H,17,18). The first-order chi connectivity index (χ1) is 9.65. The lowest BCUT2D eigenvalue weighted by Gasteiger charge is -2.16. The Morgan fingerprint density at radius 3 is 2.95 bits per heavy atom. The van der Waals surface area contributed by atoms with Crippen LogP contribution in [0.15, 0.2) is 18.2 Å². The maximum absolute atomic E-state index is 12.2. The molecule has 1 aliphatic heterocycles. The van der Waals surface area contributed by atoms with Crippen LogP contribution in [0.1, 0.15) is 25.8 Å².